The second-order valence-corrected chi connectivity index (χ2v) is 10.3. The molecule has 0 radical (unpaired) electrons. The lowest BCUT2D eigenvalue weighted by atomic mass is 10.0. The molecule has 0 saturated carbocycles. The molecule has 0 heterocycles. The topological polar surface area (TPSA) is 34.1 Å². The van der Waals surface area contributed by atoms with Crippen molar-refractivity contribution in [2.45, 2.75) is 84.5 Å². The second-order valence-electron chi connectivity index (χ2n) is 8.54. The molecule has 2 nitrogen and oxygen atoms in total. The monoisotopic (exact) mass is 426 g/mol. The van der Waals surface area contributed by atoms with Crippen LogP contribution in [-0.4, -0.2) is 11.7 Å². The average molecular weight is 427 g/mol. The zero-order valence-electron chi connectivity index (χ0n) is 18.9. The summed E-state index contributed by atoms with van der Waals surface area (Å²) >= 11 is 0. The summed E-state index contributed by atoms with van der Waals surface area (Å²) in [6.07, 6.45) is 14.2. The molecule has 164 valence electrons. The summed E-state index contributed by atoms with van der Waals surface area (Å²) in [5.41, 5.74) is 3.90. The molecule has 2 aromatic carbocycles. The maximum absolute atomic E-state index is 12.5. The lowest BCUT2D eigenvalue weighted by Crippen LogP contribution is -2.01. The van der Waals surface area contributed by atoms with Crippen LogP contribution in [0.2, 0.25) is 0 Å². The highest BCUT2D eigenvalue weighted by Crippen LogP contribution is 2.31. The Morgan fingerprint density at radius 3 is 1.73 bits per heavy atom. The molecule has 0 saturated heterocycles. The molecule has 1 atom stereocenters. The van der Waals surface area contributed by atoms with E-state index in [9.17, 15) is 9.36 Å². The van der Waals surface area contributed by atoms with E-state index in [0.717, 1.165) is 24.0 Å². The first-order chi connectivity index (χ1) is 14.6. The van der Waals surface area contributed by atoms with Gasteiger partial charge in [-0.3, -0.25) is 4.79 Å². The summed E-state index contributed by atoms with van der Waals surface area (Å²) in [7, 11) is -2.18. The molecular weight excluding hydrogens is 387 g/mol. The summed E-state index contributed by atoms with van der Waals surface area (Å²) in [4.78, 5) is 12.5. The van der Waals surface area contributed by atoms with Gasteiger partial charge >= 0.3 is 0 Å². The van der Waals surface area contributed by atoms with Crippen LogP contribution < -0.4 is 0 Å². The molecule has 0 aliphatic carbocycles. The molecule has 2 rings (SSSR count). The molecule has 0 spiro atoms. The smallest absolute Gasteiger partial charge is 0.219 e. The number of unbranched alkanes of at least 4 members (excludes halogenated alkanes) is 9. The van der Waals surface area contributed by atoms with Crippen molar-refractivity contribution >= 4 is 13.3 Å². The van der Waals surface area contributed by atoms with Crippen LogP contribution in [0.25, 0.3) is 0 Å². The Morgan fingerprint density at radius 2 is 1.17 bits per heavy atom. The number of hydrogen-bond acceptors (Lipinski definition) is 2. The van der Waals surface area contributed by atoms with Crippen molar-refractivity contribution in [2.24, 2.45) is 0 Å². The normalized spacial score (nSPS) is 12.1. The number of benzene rings is 2. The standard InChI is InChI=1S/C27H39O2P/c1-23-17-16-18-24(2)26(23)27(28)30(29)22-15-10-8-6-4-3-5-7-9-12-19-25-20-13-11-14-21-25/h11,13-14,16-18,20-21,30H,3-10,12,15,19,22H2,1-2H3. The van der Waals surface area contributed by atoms with Gasteiger partial charge in [-0.15, -0.1) is 0 Å². The maximum atomic E-state index is 12.5. The van der Waals surface area contributed by atoms with E-state index >= 15 is 0 Å². The Hall–Kier alpha value is -1.66. The molecule has 0 amide bonds. The third-order valence-corrected chi connectivity index (χ3v) is 7.49. The molecule has 0 N–H and O–H groups in total. The predicted molar refractivity (Wildman–Crippen MR) is 130 cm³/mol. The highest BCUT2D eigenvalue weighted by Gasteiger charge is 2.17. The fraction of sp³-hybridized carbons (Fsp3) is 0.519. The van der Waals surface area contributed by atoms with Gasteiger partial charge in [-0.1, -0.05) is 99.9 Å². The number of hydrogen-bond donors (Lipinski definition) is 0. The van der Waals surface area contributed by atoms with Crippen LogP contribution in [0.15, 0.2) is 48.5 Å². The lowest BCUT2D eigenvalue weighted by molar-refractivity contribution is 0.107. The fourth-order valence-corrected chi connectivity index (χ4v) is 5.57. The Labute approximate surface area is 184 Å². The van der Waals surface area contributed by atoms with Gasteiger partial charge in [0.2, 0.25) is 5.52 Å². The SMILES string of the molecule is Cc1cccc(C)c1C(=O)[PH](=O)CCCCCCCCCCCCc1ccccc1. The first-order valence-electron chi connectivity index (χ1n) is 11.8. The molecule has 0 fully saturated rings. The van der Waals surface area contributed by atoms with E-state index in [-0.39, 0.29) is 5.52 Å². The van der Waals surface area contributed by atoms with E-state index in [1.807, 2.05) is 32.0 Å². The van der Waals surface area contributed by atoms with Gasteiger partial charge < -0.3 is 4.57 Å². The predicted octanol–water partition coefficient (Wildman–Crippen LogP) is 8.15. The first-order valence-corrected chi connectivity index (χ1v) is 13.4. The third-order valence-electron chi connectivity index (χ3n) is 5.92. The molecule has 0 aliphatic rings. The van der Waals surface area contributed by atoms with Crippen LogP contribution in [-0.2, 0) is 11.0 Å². The zero-order chi connectivity index (χ0) is 21.6. The van der Waals surface area contributed by atoms with Gasteiger partial charge in [0.15, 0.2) is 0 Å². The molecule has 3 heteroatoms. The zero-order valence-corrected chi connectivity index (χ0v) is 19.9. The quantitative estimate of drug-likeness (QED) is 0.213. The minimum atomic E-state index is -2.18. The largest absolute Gasteiger partial charge is 0.318 e. The molecular formula is C27H39O2P. The number of carbonyl (C=O) groups is 1. The Balaban J connectivity index is 1.44. The van der Waals surface area contributed by atoms with Crippen molar-refractivity contribution in [1.82, 2.24) is 0 Å². The summed E-state index contributed by atoms with van der Waals surface area (Å²) in [5.74, 6) is 0. The Morgan fingerprint density at radius 1 is 0.667 bits per heavy atom. The van der Waals surface area contributed by atoms with E-state index in [1.165, 1.54) is 63.4 Å². The van der Waals surface area contributed by atoms with E-state index in [1.54, 1.807) is 0 Å². The van der Waals surface area contributed by atoms with E-state index in [4.69, 9.17) is 0 Å². The second kappa shape index (κ2) is 14.4. The maximum Gasteiger partial charge on any atom is 0.219 e. The van der Waals surface area contributed by atoms with E-state index in [2.05, 4.69) is 30.3 Å². The fourth-order valence-electron chi connectivity index (χ4n) is 4.10. The molecule has 0 aliphatic heterocycles. The summed E-state index contributed by atoms with van der Waals surface area (Å²) in [6, 6.07) is 16.6. The average Bonchev–Trinajstić information content (AvgIpc) is 2.74. The van der Waals surface area contributed by atoms with Crippen LogP contribution in [0.1, 0.15) is 91.3 Å². The van der Waals surface area contributed by atoms with Crippen molar-refractivity contribution in [3.8, 4) is 0 Å². The Kier molecular flexibility index (Phi) is 11.8. The van der Waals surface area contributed by atoms with Crippen molar-refractivity contribution in [3.63, 3.8) is 0 Å². The molecule has 2 aromatic rings. The van der Waals surface area contributed by atoms with Gasteiger partial charge in [0, 0.05) is 11.7 Å². The summed E-state index contributed by atoms with van der Waals surface area (Å²) in [5, 5.41) is 0. The van der Waals surface area contributed by atoms with E-state index in [0.29, 0.717) is 11.7 Å². The molecule has 1 unspecified atom stereocenters. The summed E-state index contributed by atoms with van der Waals surface area (Å²) < 4.78 is 12.4. The Bertz CT molecular complexity index is 762. The van der Waals surface area contributed by atoms with Crippen LogP contribution in [0, 0.1) is 13.8 Å². The summed E-state index contributed by atoms with van der Waals surface area (Å²) in [6.45, 7) is 3.86. The van der Waals surface area contributed by atoms with Gasteiger partial charge in [-0.05, 0) is 49.8 Å². The molecule has 30 heavy (non-hydrogen) atoms. The van der Waals surface area contributed by atoms with Crippen molar-refractivity contribution in [1.29, 1.82) is 0 Å². The van der Waals surface area contributed by atoms with Crippen molar-refractivity contribution < 1.29 is 9.36 Å². The highest BCUT2D eigenvalue weighted by atomic mass is 31.1. The van der Waals surface area contributed by atoms with Gasteiger partial charge in [-0.2, -0.15) is 0 Å². The van der Waals surface area contributed by atoms with Crippen molar-refractivity contribution in [2.75, 3.05) is 6.16 Å². The number of carbonyl (C=O) groups excluding carboxylic acids is 1. The number of rotatable bonds is 15. The minimum Gasteiger partial charge on any atom is -0.318 e. The van der Waals surface area contributed by atoms with E-state index < -0.39 is 7.80 Å². The van der Waals surface area contributed by atoms with Gasteiger partial charge in [0.05, 0.1) is 0 Å². The molecule has 0 aromatic heterocycles. The third kappa shape index (κ3) is 9.00. The van der Waals surface area contributed by atoms with Crippen molar-refractivity contribution in [3.05, 3.63) is 70.8 Å². The number of aryl methyl sites for hydroxylation is 3. The van der Waals surface area contributed by atoms with Gasteiger partial charge in [0.25, 0.3) is 0 Å². The van der Waals surface area contributed by atoms with Crippen LogP contribution in [0.3, 0.4) is 0 Å². The van der Waals surface area contributed by atoms with Crippen LogP contribution in [0.4, 0.5) is 0 Å². The van der Waals surface area contributed by atoms with Crippen LogP contribution in [0.5, 0.6) is 0 Å². The highest BCUT2D eigenvalue weighted by molar-refractivity contribution is 7.64. The lowest BCUT2D eigenvalue weighted by Gasteiger charge is -2.08. The molecule has 0 bridgehead atoms. The van der Waals surface area contributed by atoms with Gasteiger partial charge in [0.1, 0.15) is 7.80 Å². The van der Waals surface area contributed by atoms with Gasteiger partial charge in [-0.25, -0.2) is 0 Å². The minimum absolute atomic E-state index is 0.122. The van der Waals surface area contributed by atoms with Crippen LogP contribution >= 0.6 is 7.80 Å². The first kappa shape index (κ1) is 24.6.